The lowest BCUT2D eigenvalue weighted by molar-refractivity contribution is 0.600. The van der Waals surface area contributed by atoms with Gasteiger partial charge >= 0.3 is 0 Å². The molecule has 0 saturated carbocycles. The van der Waals surface area contributed by atoms with Crippen LogP contribution in [0.5, 0.6) is 0 Å². The van der Waals surface area contributed by atoms with Crippen LogP contribution in [0.25, 0.3) is 10.6 Å². The molecule has 112 valence electrons. The molecule has 0 bridgehead atoms. The van der Waals surface area contributed by atoms with E-state index in [1.54, 1.807) is 12.1 Å². The van der Waals surface area contributed by atoms with E-state index in [0.29, 0.717) is 5.01 Å². The zero-order valence-corrected chi connectivity index (χ0v) is 13.1. The Morgan fingerprint density at radius 3 is 2.23 bits per heavy atom. The summed E-state index contributed by atoms with van der Waals surface area (Å²) in [6.45, 7) is 0. The molecule has 7 heteroatoms. The molecule has 5 nitrogen and oxygen atoms in total. The van der Waals surface area contributed by atoms with Gasteiger partial charge in [0.25, 0.3) is 0 Å². The maximum absolute atomic E-state index is 12.1. The molecule has 1 aromatic heterocycles. The van der Waals surface area contributed by atoms with E-state index in [1.165, 1.54) is 11.3 Å². The number of rotatable bonds is 5. The van der Waals surface area contributed by atoms with Crippen molar-refractivity contribution >= 4 is 26.5 Å². The summed E-state index contributed by atoms with van der Waals surface area (Å²) >= 11 is 1.21. The second-order valence-corrected chi connectivity index (χ2v) is 7.32. The number of anilines is 1. The van der Waals surface area contributed by atoms with Crippen LogP contribution in [0.15, 0.2) is 60.7 Å². The van der Waals surface area contributed by atoms with E-state index in [0.717, 1.165) is 11.1 Å². The van der Waals surface area contributed by atoms with Gasteiger partial charge in [-0.15, -0.1) is 10.2 Å². The number of hydrogen-bond acceptors (Lipinski definition) is 5. The number of aromatic nitrogens is 2. The number of sulfonamides is 1. The van der Waals surface area contributed by atoms with Gasteiger partial charge in [-0.1, -0.05) is 72.0 Å². The molecule has 1 heterocycles. The van der Waals surface area contributed by atoms with Crippen LogP contribution >= 0.6 is 11.3 Å². The van der Waals surface area contributed by atoms with Gasteiger partial charge in [-0.25, -0.2) is 8.42 Å². The molecule has 0 saturated heterocycles. The van der Waals surface area contributed by atoms with E-state index in [-0.39, 0.29) is 10.9 Å². The predicted molar refractivity (Wildman–Crippen MR) is 88.0 cm³/mol. The molecule has 0 spiro atoms. The molecule has 22 heavy (non-hydrogen) atoms. The number of nitrogens with zero attached hydrogens (tertiary/aromatic N) is 2. The van der Waals surface area contributed by atoms with Crippen LogP contribution in [0, 0.1) is 0 Å². The Balaban J connectivity index is 1.75. The van der Waals surface area contributed by atoms with Crippen molar-refractivity contribution in [2.45, 2.75) is 5.75 Å². The zero-order valence-electron chi connectivity index (χ0n) is 11.5. The summed E-state index contributed by atoms with van der Waals surface area (Å²) in [4.78, 5) is 0. The molecular weight excluding hydrogens is 318 g/mol. The fraction of sp³-hybridized carbons (Fsp3) is 0.0667. The Kier molecular flexibility index (Phi) is 4.17. The van der Waals surface area contributed by atoms with Crippen LogP contribution in [0.4, 0.5) is 5.13 Å². The van der Waals surface area contributed by atoms with Gasteiger partial charge in [-0.3, -0.25) is 4.72 Å². The molecular formula is C15H13N3O2S2. The summed E-state index contributed by atoms with van der Waals surface area (Å²) in [5.74, 6) is -0.0892. The van der Waals surface area contributed by atoms with Crippen molar-refractivity contribution in [2.75, 3.05) is 4.72 Å². The lowest BCUT2D eigenvalue weighted by Gasteiger charge is -2.04. The summed E-state index contributed by atoms with van der Waals surface area (Å²) in [5.41, 5.74) is 1.64. The van der Waals surface area contributed by atoms with Crippen molar-refractivity contribution in [3.63, 3.8) is 0 Å². The first-order valence-electron chi connectivity index (χ1n) is 6.56. The van der Waals surface area contributed by atoms with Crippen molar-refractivity contribution < 1.29 is 8.42 Å². The minimum atomic E-state index is -3.50. The zero-order chi connectivity index (χ0) is 15.4. The maximum Gasteiger partial charge on any atom is 0.238 e. The van der Waals surface area contributed by atoms with E-state index in [9.17, 15) is 8.42 Å². The third kappa shape index (κ3) is 3.69. The highest BCUT2D eigenvalue weighted by Gasteiger charge is 2.15. The normalized spacial score (nSPS) is 11.3. The fourth-order valence-electron chi connectivity index (χ4n) is 1.92. The summed E-state index contributed by atoms with van der Waals surface area (Å²) < 4.78 is 26.8. The molecule has 3 rings (SSSR count). The third-order valence-electron chi connectivity index (χ3n) is 2.89. The van der Waals surface area contributed by atoms with Gasteiger partial charge in [0, 0.05) is 5.56 Å². The standard InChI is InChI=1S/C15H13N3O2S2/c19-22(20,11-12-7-3-1-4-8-12)18-15-17-16-14(21-15)13-9-5-2-6-10-13/h1-10H,11H2,(H,17,18). The molecule has 0 radical (unpaired) electrons. The van der Waals surface area contributed by atoms with E-state index in [2.05, 4.69) is 14.9 Å². The highest BCUT2D eigenvalue weighted by molar-refractivity contribution is 7.92. The largest absolute Gasteiger partial charge is 0.257 e. The Hall–Kier alpha value is -2.25. The summed E-state index contributed by atoms with van der Waals surface area (Å²) in [6.07, 6.45) is 0. The van der Waals surface area contributed by atoms with Crippen LogP contribution in [-0.4, -0.2) is 18.6 Å². The Morgan fingerprint density at radius 1 is 0.909 bits per heavy atom. The van der Waals surface area contributed by atoms with E-state index < -0.39 is 10.0 Å². The Labute approximate surface area is 132 Å². The first kappa shape index (κ1) is 14.7. The van der Waals surface area contributed by atoms with Crippen LogP contribution in [0.2, 0.25) is 0 Å². The number of benzene rings is 2. The van der Waals surface area contributed by atoms with Gasteiger partial charge < -0.3 is 0 Å². The van der Waals surface area contributed by atoms with Gasteiger partial charge in [-0.05, 0) is 5.56 Å². The molecule has 2 aromatic carbocycles. The third-order valence-corrected chi connectivity index (χ3v) is 5.12. The maximum atomic E-state index is 12.1. The Morgan fingerprint density at radius 2 is 1.55 bits per heavy atom. The molecule has 0 fully saturated rings. The molecule has 0 amide bonds. The molecule has 0 aliphatic rings. The quantitative estimate of drug-likeness (QED) is 0.779. The average Bonchev–Trinajstić information content (AvgIpc) is 2.96. The lowest BCUT2D eigenvalue weighted by atomic mass is 10.2. The van der Waals surface area contributed by atoms with Crippen LogP contribution in [0.3, 0.4) is 0 Å². The first-order valence-corrected chi connectivity index (χ1v) is 9.03. The molecule has 3 aromatic rings. The van der Waals surface area contributed by atoms with E-state index in [4.69, 9.17) is 0 Å². The van der Waals surface area contributed by atoms with Crippen LogP contribution < -0.4 is 4.72 Å². The molecule has 0 aliphatic carbocycles. The highest BCUT2D eigenvalue weighted by atomic mass is 32.2. The second-order valence-electron chi connectivity index (χ2n) is 4.63. The van der Waals surface area contributed by atoms with Crippen molar-refractivity contribution in [1.29, 1.82) is 0 Å². The van der Waals surface area contributed by atoms with Gasteiger partial charge in [0.2, 0.25) is 15.2 Å². The summed E-state index contributed by atoms with van der Waals surface area (Å²) in [5, 5.41) is 8.87. The minimum Gasteiger partial charge on any atom is -0.257 e. The summed E-state index contributed by atoms with van der Waals surface area (Å²) in [7, 11) is -3.50. The van der Waals surface area contributed by atoms with E-state index >= 15 is 0 Å². The topological polar surface area (TPSA) is 72.0 Å². The van der Waals surface area contributed by atoms with Gasteiger partial charge in [0.1, 0.15) is 5.01 Å². The lowest BCUT2D eigenvalue weighted by Crippen LogP contribution is -2.14. The van der Waals surface area contributed by atoms with Crippen LogP contribution in [-0.2, 0) is 15.8 Å². The van der Waals surface area contributed by atoms with Crippen LogP contribution in [0.1, 0.15) is 5.56 Å². The SMILES string of the molecule is O=S(=O)(Cc1ccccc1)Nc1nnc(-c2ccccc2)s1. The highest BCUT2D eigenvalue weighted by Crippen LogP contribution is 2.26. The van der Waals surface area contributed by atoms with E-state index in [1.807, 2.05) is 48.5 Å². The van der Waals surface area contributed by atoms with Crippen molar-refractivity contribution in [3.05, 3.63) is 66.2 Å². The first-order chi connectivity index (χ1) is 10.6. The smallest absolute Gasteiger partial charge is 0.238 e. The second kappa shape index (κ2) is 6.25. The monoisotopic (exact) mass is 331 g/mol. The van der Waals surface area contributed by atoms with Crippen molar-refractivity contribution in [2.24, 2.45) is 0 Å². The molecule has 0 aliphatic heterocycles. The average molecular weight is 331 g/mol. The van der Waals surface area contributed by atoms with Gasteiger partial charge in [0.15, 0.2) is 0 Å². The van der Waals surface area contributed by atoms with Gasteiger partial charge in [-0.2, -0.15) is 0 Å². The molecule has 0 unspecified atom stereocenters. The minimum absolute atomic E-state index is 0.0892. The van der Waals surface area contributed by atoms with Crippen molar-refractivity contribution in [3.8, 4) is 10.6 Å². The molecule has 1 N–H and O–H groups in total. The van der Waals surface area contributed by atoms with Gasteiger partial charge in [0.05, 0.1) is 5.75 Å². The predicted octanol–water partition coefficient (Wildman–Crippen LogP) is 3.15. The number of nitrogens with one attached hydrogen (secondary N) is 1. The van der Waals surface area contributed by atoms with Crippen molar-refractivity contribution in [1.82, 2.24) is 10.2 Å². The summed E-state index contributed by atoms with van der Waals surface area (Å²) in [6, 6.07) is 18.5. The number of hydrogen-bond donors (Lipinski definition) is 1. The fourth-order valence-corrected chi connectivity index (χ4v) is 4.08. The molecule has 0 atom stereocenters. The Bertz CT molecular complexity index is 847.